The van der Waals surface area contributed by atoms with Gasteiger partial charge in [-0.3, -0.25) is 19.6 Å². The van der Waals surface area contributed by atoms with Gasteiger partial charge in [0.15, 0.2) is 0 Å². The molecule has 0 unspecified atom stereocenters. The van der Waals surface area contributed by atoms with Crippen LogP contribution in [0.2, 0.25) is 0 Å². The summed E-state index contributed by atoms with van der Waals surface area (Å²) in [6, 6.07) is 8.27. The molecule has 0 saturated carbocycles. The average Bonchev–Trinajstić information content (AvgIpc) is 2.84. The molecule has 6 nitrogen and oxygen atoms in total. The first-order valence-electron chi connectivity index (χ1n) is 5.75. The fourth-order valence-corrected chi connectivity index (χ4v) is 1.75. The van der Waals surface area contributed by atoms with Gasteiger partial charge in [-0.25, -0.2) is 0 Å². The van der Waals surface area contributed by atoms with E-state index in [4.69, 9.17) is 5.73 Å². The summed E-state index contributed by atoms with van der Waals surface area (Å²) in [6.45, 7) is 1.35. The number of nitrogen functional groups attached to an aromatic ring is 1. The van der Waals surface area contributed by atoms with Crippen LogP contribution in [0.5, 0.6) is 0 Å². The minimum Gasteiger partial charge on any atom is -0.399 e. The number of benzene rings is 1. The Labute approximate surface area is 110 Å². The second-order valence-corrected chi connectivity index (χ2v) is 4.10. The van der Waals surface area contributed by atoms with Gasteiger partial charge >= 0.3 is 0 Å². The maximum Gasteiger partial charge on any atom is 0.239 e. The van der Waals surface area contributed by atoms with E-state index in [0.717, 1.165) is 4.90 Å². The van der Waals surface area contributed by atoms with Crippen LogP contribution >= 0.6 is 0 Å². The molecule has 2 rings (SSSR count). The van der Waals surface area contributed by atoms with Crippen molar-refractivity contribution in [2.45, 2.75) is 13.3 Å². The number of hydrogen-bond donors (Lipinski definition) is 2. The first kappa shape index (κ1) is 12.8. The van der Waals surface area contributed by atoms with Crippen molar-refractivity contribution in [3.05, 3.63) is 42.2 Å². The lowest BCUT2D eigenvalue weighted by Gasteiger charge is -2.19. The van der Waals surface area contributed by atoms with Crippen LogP contribution in [0.3, 0.4) is 0 Å². The van der Waals surface area contributed by atoms with E-state index in [0.29, 0.717) is 17.1 Å². The first-order chi connectivity index (χ1) is 9.08. The Bertz CT molecular complexity index is 575. The number of imide groups is 1. The Hall–Kier alpha value is -2.63. The zero-order valence-corrected chi connectivity index (χ0v) is 10.5. The minimum atomic E-state index is -0.339. The molecule has 0 saturated heterocycles. The summed E-state index contributed by atoms with van der Waals surface area (Å²) in [5, 5.41) is 6.46. The van der Waals surface area contributed by atoms with E-state index in [2.05, 4.69) is 10.2 Å². The fraction of sp³-hybridized carbons (Fsp3) is 0.154. The molecule has 19 heavy (non-hydrogen) atoms. The Morgan fingerprint density at radius 1 is 1.26 bits per heavy atom. The van der Waals surface area contributed by atoms with Crippen LogP contribution in [0.15, 0.2) is 36.5 Å². The molecule has 2 amide bonds. The molecule has 1 aromatic carbocycles. The number of H-pyrrole nitrogens is 1. The molecule has 0 aliphatic rings. The van der Waals surface area contributed by atoms with Gasteiger partial charge in [-0.2, -0.15) is 5.10 Å². The predicted octanol–water partition coefficient (Wildman–Crippen LogP) is 1.11. The zero-order valence-electron chi connectivity index (χ0n) is 10.5. The lowest BCUT2D eigenvalue weighted by atomic mass is 10.2. The summed E-state index contributed by atoms with van der Waals surface area (Å²) in [5.41, 5.74) is 7.33. The summed E-state index contributed by atoms with van der Waals surface area (Å²) >= 11 is 0. The highest BCUT2D eigenvalue weighted by molar-refractivity contribution is 6.14. The van der Waals surface area contributed by atoms with E-state index in [9.17, 15) is 9.59 Å². The molecule has 0 aliphatic heterocycles. The van der Waals surface area contributed by atoms with Crippen LogP contribution in [-0.2, 0) is 16.0 Å². The maximum atomic E-state index is 12.2. The van der Waals surface area contributed by atoms with Crippen LogP contribution < -0.4 is 10.6 Å². The molecule has 3 N–H and O–H groups in total. The molecule has 0 radical (unpaired) electrons. The van der Waals surface area contributed by atoms with Crippen molar-refractivity contribution < 1.29 is 9.59 Å². The molecule has 2 aromatic rings. The van der Waals surface area contributed by atoms with Crippen LogP contribution in [-0.4, -0.2) is 22.0 Å². The van der Waals surface area contributed by atoms with Gasteiger partial charge in [-0.15, -0.1) is 0 Å². The van der Waals surface area contributed by atoms with E-state index >= 15 is 0 Å². The fourth-order valence-electron chi connectivity index (χ4n) is 1.75. The summed E-state index contributed by atoms with van der Waals surface area (Å²) < 4.78 is 0. The van der Waals surface area contributed by atoms with E-state index in [1.54, 1.807) is 36.5 Å². The lowest BCUT2D eigenvalue weighted by molar-refractivity contribution is -0.125. The van der Waals surface area contributed by atoms with Gasteiger partial charge in [0.2, 0.25) is 11.8 Å². The van der Waals surface area contributed by atoms with Crippen molar-refractivity contribution in [1.29, 1.82) is 0 Å². The largest absolute Gasteiger partial charge is 0.399 e. The number of nitrogens with zero attached hydrogens (tertiary/aromatic N) is 2. The normalized spacial score (nSPS) is 10.2. The number of carbonyl (C=O) groups is 2. The summed E-state index contributed by atoms with van der Waals surface area (Å²) in [7, 11) is 0. The average molecular weight is 258 g/mol. The second kappa shape index (κ2) is 5.34. The van der Waals surface area contributed by atoms with Gasteiger partial charge in [0.1, 0.15) is 0 Å². The van der Waals surface area contributed by atoms with Gasteiger partial charge in [0.05, 0.1) is 12.1 Å². The molecule has 0 bridgehead atoms. The van der Waals surface area contributed by atoms with Crippen molar-refractivity contribution in [2.24, 2.45) is 0 Å². The third-order valence-electron chi connectivity index (χ3n) is 2.62. The number of aromatic amines is 1. The van der Waals surface area contributed by atoms with Crippen molar-refractivity contribution >= 4 is 23.2 Å². The van der Waals surface area contributed by atoms with Crippen molar-refractivity contribution in [3.63, 3.8) is 0 Å². The first-order valence-corrected chi connectivity index (χ1v) is 5.75. The summed E-state index contributed by atoms with van der Waals surface area (Å²) in [4.78, 5) is 24.9. The van der Waals surface area contributed by atoms with Crippen LogP contribution in [0.25, 0.3) is 0 Å². The highest BCUT2D eigenvalue weighted by atomic mass is 16.2. The Morgan fingerprint density at radius 3 is 2.47 bits per heavy atom. The third kappa shape index (κ3) is 2.98. The number of anilines is 2. The topological polar surface area (TPSA) is 92.1 Å². The van der Waals surface area contributed by atoms with Crippen LogP contribution in [0.4, 0.5) is 11.4 Å². The van der Waals surface area contributed by atoms with Crippen molar-refractivity contribution in [3.8, 4) is 0 Å². The van der Waals surface area contributed by atoms with Gasteiger partial charge in [0.25, 0.3) is 0 Å². The number of hydrogen-bond acceptors (Lipinski definition) is 4. The summed E-state index contributed by atoms with van der Waals surface area (Å²) in [6.07, 6.45) is 1.65. The molecule has 98 valence electrons. The van der Waals surface area contributed by atoms with Gasteiger partial charge in [-0.05, 0) is 30.3 Å². The quantitative estimate of drug-likeness (QED) is 0.807. The van der Waals surface area contributed by atoms with E-state index in [1.807, 2.05) is 0 Å². The van der Waals surface area contributed by atoms with Crippen molar-refractivity contribution in [1.82, 2.24) is 10.2 Å². The zero-order chi connectivity index (χ0) is 13.8. The molecule has 0 spiro atoms. The van der Waals surface area contributed by atoms with Gasteiger partial charge in [-0.1, -0.05) is 0 Å². The number of aromatic nitrogens is 2. The highest BCUT2D eigenvalue weighted by Crippen LogP contribution is 2.17. The Kier molecular flexibility index (Phi) is 3.61. The molecule has 0 atom stereocenters. The number of amides is 2. The third-order valence-corrected chi connectivity index (χ3v) is 2.62. The van der Waals surface area contributed by atoms with Crippen LogP contribution in [0, 0.1) is 0 Å². The van der Waals surface area contributed by atoms with E-state index < -0.39 is 0 Å². The Balaban J connectivity index is 2.22. The molecule has 1 aromatic heterocycles. The molecule has 0 fully saturated rings. The number of nitrogens with one attached hydrogen (secondary N) is 1. The molecule has 6 heteroatoms. The lowest BCUT2D eigenvalue weighted by Crippen LogP contribution is -2.36. The predicted molar refractivity (Wildman–Crippen MR) is 71.3 cm³/mol. The monoisotopic (exact) mass is 258 g/mol. The van der Waals surface area contributed by atoms with Crippen molar-refractivity contribution in [2.75, 3.05) is 10.6 Å². The maximum absolute atomic E-state index is 12.2. The van der Waals surface area contributed by atoms with E-state index in [-0.39, 0.29) is 18.2 Å². The van der Waals surface area contributed by atoms with E-state index in [1.165, 1.54) is 6.92 Å². The Morgan fingerprint density at radius 2 is 1.95 bits per heavy atom. The van der Waals surface area contributed by atoms with Gasteiger partial charge < -0.3 is 5.73 Å². The molecule has 0 aliphatic carbocycles. The minimum absolute atomic E-state index is 0.0873. The molecule has 1 heterocycles. The van der Waals surface area contributed by atoms with Gasteiger partial charge in [0, 0.05) is 24.5 Å². The number of nitrogens with two attached hydrogens (primary N) is 1. The molecular weight excluding hydrogens is 244 g/mol. The summed E-state index contributed by atoms with van der Waals surface area (Å²) in [5.74, 6) is -0.657. The second-order valence-electron chi connectivity index (χ2n) is 4.10. The standard InChI is InChI=1S/C13H14N4O2/c1-9(18)17(12-4-2-10(14)3-5-12)13(19)8-11-6-7-15-16-11/h2-7H,8,14H2,1H3,(H,15,16). The molecular formula is C13H14N4O2. The smallest absolute Gasteiger partial charge is 0.239 e. The number of carbonyl (C=O) groups excluding carboxylic acids is 2. The SMILES string of the molecule is CC(=O)N(C(=O)Cc1ccn[nH]1)c1ccc(N)cc1. The number of rotatable bonds is 3. The highest BCUT2D eigenvalue weighted by Gasteiger charge is 2.20. The van der Waals surface area contributed by atoms with Crippen LogP contribution in [0.1, 0.15) is 12.6 Å².